The van der Waals surface area contributed by atoms with Crippen molar-refractivity contribution in [1.29, 1.82) is 0 Å². The van der Waals surface area contributed by atoms with Crippen LogP contribution in [-0.4, -0.2) is 41.7 Å². The van der Waals surface area contributed by atoms with Crippen molar-refractivity contribution < 1.29 is 31.5 Å². The van der Waals surface area contributed by atoms with E-state index in [1.54, 1.807) is 18.2 Å². The fourth-order valence-corrected chi connectivity index (χ4v) is 4.21. The lowest BCUT2D eigenvalue weighted by Gasteiger charge is -2.30. The molecule has 0 radical (unpaired) electrons. The predicted molar refractivity (Wildman–Crippen MR) is 114 cm³/mol. The molecule has 2 aromatic carbocycles. The SMILES string of the molecule is Cn1ccnc1C(O)(CCNC(=O)c1cccc(NS(=O)(=O)c2ccccc2)c1)C(F)(F)F. The van der Waals surface area contributed by atoms with Crippen molar-refractivity contribution in [3.8, 4) is 0 Å². The average Bonchev–Trinajstić information content (AvgIpc) is 3.19. The summed E-state index contributed by atoms with van der Waals surface area (Å²) in [6, 6.07) is 13.1. The van der Waals surface area contributed by atoms with Crippen LogP contribution in [0.2, 0.25) is 0 Å². The summed E-state index contributed by atoms with van der Waals surface area (Å²) < 4.78 is 69.0. The highest BCUT2D eigenvalue weighted by atomic mass is 32.2. The number of sulfonamides is 1. The van der Waals surface area contributed by atoms with E-state index in [1.807, 2.05) is 0 Å². The van der Waals surface area contributed by atoms with Crippen molar-refractivity contribution in [3.63, 3.8) is 0 Å². The third-order valence-corrected chi connectivity index (χ3v) is 6.26. The van der Waals surface area contributed by atoms with E-state index in [-0.39, 0.29) is 16.1 Å². The van der Waals surface area contributed by atoms with Crippen LogP contribution < -0.4 is 10.0 Å². The summed E-state index contributed by atoms with van der Waals surface area (Å²) >= 11 is 0. The monoisotopic (exact) mass is 482 g/mol. The summed E-state index contributed by atoms with van der Waals surface area (Å²) in [5.74, 6) is -1.33. The van der Waals surface area contributed by atoms with Crippen LogP contribution in [0.5, 0.6) is 0 Å². The fraction of sp³-hybridized carbons (Fsp3) is 0.238. The molecule has 3 aromatic rings. The Morgan fingerprint density at radius 3 is 2.42 bits per heavy atom. The van der Waals surface area contributed by atoms with Crippen molar-refractivity contribution in [2.45, 2.75) is 23.1 Å². The quantitative estimate of drug-likeness (QED) is 0.457. The zero-order chi connectivity index (χ0) is 24.3. The Morgan fingerprint density at radius 2 is 1.82 bits per heavy atom. The van der Waals surface area contributed by atoms with Gasteiger partial charge in [0.05, 0.1) is 4.90 Å². The van der Waals surface area contributed by atoms with Crippen LogP contribution in [0.15, 0.2) is 71.9 Å². The van der Waals surface area contributed by atoms with E-state index in [9.17, 15) is 31.5 Å². The molecule has 0 aliphatic heterocycles. The van der Waals surface area contributed by atoms with Crippen molar-refractivity contribution in [2.24, 2.45) is 7.05 Å². The number of anilines is 1. The van der Waals surface area contributed by atoms with E-state index in [4.69, 9.17) is 0 Å². The molecule has 3 N–H and O–H groups in total. The highest BCUT2D eigenvalue weighted by Gasteiger charge is 2.57. The standard InChI is InChI=1S/C21H21F3N4O4S/c1-28-13-12-26-19(28)20(30,21(22,23)24)10-11-25-18(29)15-6-5-7-16(14-15)27-33(31,32)17-8-3-2-4-9-17/h2-9,12-14,27,30H,10-11H2,1H3,(H,25,29). The minimum atomic E-state index is -5.02. The summed E-state index contributed by atoms with van der Waals surface area (Å²) in [4.78, 5) is 16.1. The van der Waals surface area contributed by atoms with Gasteiger partial charge in [-0.05, 0) is 30.3 Å². The van der Waals surface area contributed by atoms with E-state index < -0.39 is 46.5 Å². The number of benzene rings is 2. The Morgan fingerprint density at radius 1 is 1.12 bits per heavy atom. The molecule has 1 aromatic heterocycles. The number of rotatable bonds is 8. The number of alkyl halides is 3. The van der Waals surface area contributed by atoms with Gasteiger partial charge >= 0.3 is 6.18 Å². The lowest BCUT2D eigenvalue weighted by molar-refractivity contribution is -0.272. The van der Waals surface area contributed by atoms with Gasteiger partial charge in [-0.3, -0.25) is 9.52 Å². The molecule has 0 aliphatic carbocycles. The normalized spacial score (nSPS) is 13.8. The molecule has 0 spiro atoms. The Balaban J connectivity index is 1.69. The number of nitrogens with one attached hydrogen (secondary N) is 2. The Bertz CT molecular complexity index is 1230. The maximum Gasteiger partial charge on any atom is 0.424 e. The number of halogens is 3. The zero-order valence-electron chi connectivity index (χ0n) is 17.4. The summed E-state index contributed by atoms with van der Waals surface area (Å²) in [7, 11) is -2.57. The van der Waals surface area contributed by atoms with Crippen LogP contribution in [0.4, 0.5) is 18.9 Å². The third kappa shape index (κ3) is 5.34. The van der Waals surface area contributed by atoms with Crippen molar-refractivity contribution in [1.82, 2.24) is 14.9 Å². The second kappa shape index (κ2) is 9.24. The van der Waals surface area contributed by atoms with Gasteiger partial charge in [-0.1, -0.05) is 24.3 Å². The van der Waals surface area contributed by atoms with Crippen LogP contribution in [0.25, 0.3) is 0 Å². The van der Waals surface area contributed by atoms with E-state index >= 15 is 0 Å². The van der Waals surface area contributed by atoms with Gasteiger partial charge in [0.25, 0.3) is 15.9 Å². The highest BCUT2D eigenvalue weighted by Crippen LogP contribution is 2.40. The number of aryl methyl sites for hydroxylation is 1. The van der Waals surface area contributed by atoms with E-state index in [0.29, 0.717) is 0 Å². The second-order valence-corrected chi connectivity index (χ2v) is 8.91. The smallest absolute Gasteiger partial charge is 0.374 e. The zero-order valence-corrected chi connectivity index (χ0v) is 18.2. The first-order valence-electron chi connectivity index (χ1n) is 9.67. The maximum absolute atomic E-state index is 13.6. The molecular formula is C21H21F3N4O4S. The van der Waals surface area contributed by atoms with Gasteiger partial charge in [-0.25, -0.2) is 13.4 Å². The molecule has 3 rings (SSSR count). The Hall–Kier alpha value is -3.38. The van der Waals surface area contributed by atoms with Crippen LogP contribution in [0, 0.1) is 0 Å². The maximum atomic E-state index is 13.6. The van der Waals surface area contributed by atoms with Gasteiger partial charge < -0.3 is 15.0 Å². The first-order chi connectivity index (χ1) is 15.4. The van der Waals surface area contributed by atoms with Crippen LogP contribution in [0.3, 0.4) is 0 Å². The largest absolute Gasteiger partial charge is 0.424 e. The molecule has 0 bridgehead atoms. The lowest BCUT2D eigenvalue weighted by atomic mass is 9.97. The molecule has 0 aliphatic rings. The molecule has 1 amide bonds. The number of hydrogen-bond donors (Lipinski definition) is 3. The molecule has 1 atom stereocenters. The summed E-state index contributed by atoms with van der Waals surface area (Å²) in [5.41, 5.74) is -3.13. The Labute approximate surface area is 188 Å². The van der Waals surface area contributed by atoms with Crippen LogP contribution in [0.1, 0.15) is 22.6 Å². The van der Waals surface area contributed by atoms with Crippen molar-refractivity contribution in [3.05, 3.63) is 78.4 Å². The van der Waals surface area contributed by atoms with Crippen LogP contribution >= 0.6 is 0 Å². The molecule has 8 nitrogen and oxygen atoms in total. The Kier molecular flexibility index (Phi) is 6.79. The molecule has 33 heavy (non-hydrogen) atoms. The van der Waals surface area contributed by atoms with E-state index in [1.165, 1.54) is 49.6 Å². The first-order valence-corrected chi connectivity index (χ1v) is 11.2. The molecule has 0 saturated carbocycles. The van der Waals surface area contributed by atoms with Gasteiger partial charge in [-0.2, -0.15) is 13.2 Å². The molecule has 0 saturated heterocycles. The molecule has 1 heterocycles. The summed E-state index contributed by atoms with van der Waals surface area (Å²) in [5, 5.41) is 12.6. The predicted octanol–water partition coefficient (Wildman–Crippen LogP) is 2.79. The number of amides is 1. The number of aliphatic hydroxyl groups is 1. The lowest BCUT2D eigenvalue weighted by Crippen LogP contribution is -2.46. The number of imidazole rings is 1. The van der Waals surface area contributed by atoms with E-state index in [0.717, 1.165) is 10.8 Å². The first kappa shape index (κ1) is 24.3. The van der Waals surface area contributed by atoms with Gasteiger partial charge in [0.15, 0.2) is 0 Å². The molecule has 0 fully saturated rings. The summed E-state index contributed by atoms with van der Waals surface area (Å²) in [6.07, 6.45) is -3.49. The molecular weight excluding hydrogens is 461 g/mol. The topological polar surface area (TPSA) is 113 Å². The fourth-order valence-electron chi connectivity index (χ4n) is 3.14. The number of carbonyl (C=O) groups is 1. The average molecular weight is 482 g/mol. The number of aromatic nitrogens is 2. The van der Waals surface area contributed by atoms with Gasteiger partial charge in [0, 0.05) is 43.7 Å². The van der Waals surface area contributed by atoms with E-state index in [2.05, 4.69) is 15.0 Å². The number of carbonyl (C=O) groups excluding carboxylic acids is 1. The van der Waals surface area contributed by atoms with Crippen molar-refractivity contribution in [2.75, 3.05) is 11.3 Å². The molecule has 12 heteroatoms. The second-order valence-electron chi connectivity index (χ2n) is 7.23. The van der Waals surface area contributed by atoms with Crippen LogP contribution in [-0.2, 0) is 22.7 Å². The molecule has 1 unspecified atom stereocenters. The third-order valence-electron chi connectivity index (χ3n) is 4.86. The van der Waals surface area contributed by atoms with Gasteiger partial charge in [0.1, 0.15) is 5.82 Å². The van der Waals surface area contributed by atoms with Gasteiger partial charge in [0.2, 0.25) is 5.60 Å². The highest BCUT2D eigenvalue weighted by molar-refractivity contribution is 7.92. The minimum absolute atomic E-state index is 0.0239. The number of hydrogen-bond acceptors (Lipinski definition) is 5. The summed E-state index contributed by atoms with van der Waals surface area (Å²) in [6.45, 7) is -0.512. The van der Waals surface area contributed by atoms with Crippen molar-refractivity contribution >= 4 is 21.6 Å². The minimum Gasteiger partial charge on any atom is -0.374 e. The van der Waals surface area contributed by atoms with Gasteiger partial charge in [-0.15, -0.1) is 0 Å². The number of nitrogens with zero attached hydrogens (tertiary/aromatic N) is 2. The molecule has 176 valence electrons.